The summed E-state index contributed by atoms with van der Waals surface area (Å²) in [4.78, 5) is 15.5. The van der Waals surface area contributed by atoms with Crippen LogP contribution in [0.15, 0.2) is 53.5 Å². The minimum atomic E-state index is -3.54. The molecule has 9 nitrogen and oxygen atoms in total. The average molecular weight is 595 g/mol. The zero-order valence-electron chi connectivity index (χ0n) is 22.2. The molecule has 2 aromatic carbocycles. The maximum Gasteiger partial charge on any atom is 0.316 e. The van der Waals surface area contributed by atoms with Crippen molar-refractivity contribution in [3.8, 4) is 11.4 Å². The third kappa shape index (κ3) is 6.87. The van der Waals surface area contributed by atoms with Crippen molar-refractivity contribution in [1.29, 1.82) is 0 Å². The van der Waals surface area contributed by atoms with Crippen molar-refractivity contribution in [2.75, 3.05) is 49.3 Å². The minimum absolute atomic E-state index is 0.104. The van der Waals surface area contributed by atoms with Gasteiger partial charge in [-0.2, -0.15) is 14.1 Å². The second kappa shape index (κ2) is 11.8. The molecule has 0 amide bonds. The summed E-state index contributed by atoms with van der Waals surface area (Å²) in [6, 6.07) is 12.1. The molecule has 39 heavy (non-hydrogen) atoms. The lowest BCUT2D eigenvalue weighted by Gasteiger charge is -2.36. The third-order valence-corrected chi connectivity index (χ3v) is 9.40. The average Bonchev–Trinajstić information content (AvgIpc) is 2.90. The number of aryl methyl sites for hydroxylation is 1. The molecule has 0 aliphatic carbocycles. The number of halogens is 2. The number of ether oxygens (including phenoxy) is 1. The van der Waals surface area contributed by atoms with Gasteiger partial charge in [-0.1, -0.05) is 43.6 Å². The van der Waals surface area contributed by atoms with E-state index in [4.69, 9.17) is 33.7 Å². The van der Waals surface area contributed by atoms with Gasteiger partial charge in [0, 0.05) is 48.2 Å². The number of benzene rings is 2. The Labute approximate surface area is 239 Å². The number of piperazine rings is 1. The van der Waals surface area contributed by atoms with E-state index in [0.717, 1.165) is 5.56 Å². The summed E-state index contributed by atoms with van der Waals surface area (Å²) in [7, 11) is -3.54. The molecule has 2 heterocycles. The van der Waals surface area contributed by atoms with Crippen LogP contribution in [0.2, 0.25) is 5.02 Å². The van der Waals surface area contributed by atoms with Gasteiger partial charge in [-0.15, -0.1) is 11.6 Å². The van der Waals surface area contributed by atoms with Crippen LogP contribution in [0.4, 0.5) is 11.4 Å². The SMILES string of the molecule is Cc1cc(CS(=O)(=O)N2CCN(c3cnn(-c4cccc(Cl)c4)c(=O)c3OCC(C)(C)CCl)CC2)ccc1N. The van der Waals surface area contributed by atoms with Crippen LogP contribution in [0.5, 0.6) is 5.75 Å². The van der Waals surface area contributed by atoms with Gasteiger partial charge in [0.15, 0.2) is 0 Å². The molecule has 0 unspecified atom stereocenters. The highest BCUT2D eigenvalue weighted by Gasteiger charge is 2.30. The summed E-state index contributed by atoms with van der Waals surface area (Å²) in [6.07, 6.45) is 1.58. The van der Waals surface area contributed by atoms with Crippen molar-refractivity contribution in [1.82, 2.24) is 14.1 Å². The normalized spacial score (nSPS) is 14.9. The first kappa shape index (κ1) is 29.2. The number of sulfonamides is 1. The Morgan fingerprint density at radius 3 is 2.46 bits per heavy atom. The molecule has 1 aromatic heterocycles. The predicted octanol–water partition coefficient (Wildman–Crippen LogP) is 4.07. The van der Waals surface area contributed by atoms with E-state index in [-0.39, 0.29) is 36.6 Å². The molecule has 1 aliphatic rings. The van der Waals surface area contributed by atoms with E-state index < -0.39 is 15.6 Å². The van der Waals surface area contributed by atoms with Crippen LogP contribution in [0, 0.1) is 12.3 Å². The lowest BCUT2D eigenvalue weighted by molar-refractivity contribution is 0.197. The Morgan fingerprint density at radius 2 is 1.82 bits per heavy atom. The minimum Gasteiger partial charge on any atom is -0.486 e. The van der Waals surface area contributed by atoms with Gasteiger partial charge >= 0.3 is 5.56 Å². The molecule has 1 aliphatic heterocycles. The molecule has 1 saturated heterocycles. The Bertz CT molecular complexity index is 1500. The number of nitrogen functional groups attached to an aromatic ring is 1. The van der Waals surface area contributed by atoms with Crippen LogP contribution in [0.3, 0.4) is 0 Å². The van der Waals surface area contributed by atoms with Gasteiger partial charge in [0.25, 0.3) is 0 Å². The quantitative estimate of drug-likeness (QED) is 0.294. The fourth-order valence-corrected chi connectivity index (χ4v) is 5.99. The van der Waals surface area contributed by atoms with Gasteiger partial charge in [-0.3, -0.25) is 4.79 Å². The standard InChI is InChI=1S/C27H33Cl2N5O4S/c1-19-13-20(7-8-23(19)30)16-39(36,37)33-11-9-32(10-12-33)24-15-31-34(22-6-4-5-21(29)14-22)26(35)25(24)38-18-27(2,3)17-28/h4-8,13-15H,9-12,16-18,30H2,1-3H3. The Hall–Kier alpha value is -2.79. The van der Waals surface area contributed by atoms with Gasteiger partial charge in [-0.25, -0.2) is 8.42 Å². The van der Waals surface area contributed by atoms with Crippen molar-refractivity contribution >= 4 is 44.6 Å². The summed E-state index contributed by atoms with van der Waals surface area (Å²) in [5, 5.41) is 4.86. The fourth-order valence-electron chi connectivity index (χ4n) is 4.22. The summed E-state index contributed by atoms with van der Waals surface area (Å²) in [5.74, 6) is 0.379. The van der Waals surface area contributed by atoms with E-state index in [9.17, 15) is 13.2 Å². The van der Waals surface area contributed by atoms with Crippen LogP contribution in [0.1, 0.15) is 25.0 Å². The van der Waals surface area contributed by atoms with E-state index >= 15 is 0 Å². The predicted molar refractivity (Wildman–Crippen MR) is 157 cm³/mol. The van der Waals surface area contributed by atoms with Crippen molar-refractivity contribution < 1.29 is 13.2 Å². The molecule has 3 aromatic rings. The number of rotatable bonds is 9. The molecule has 0 spiro atoms. The molecule has 0 bridgehead atoms. The second-order valence-corrected chi connectivity index (χ2v) is 13.1. The lowest BCUT2D eigenvalue weighted by Crippen LogP contribution is -2.49. The van der Waals surface area contributed by atoms with Crippen LogP contribution in [-0.2, 0) is 15.8 Å². The number of aromatic nitrogens is 2. The van der Waals surface area contributed by atoms with Crippen LogP contribution < -0.4 is 20.9 Å². The van der Waals surface area contributed by atoms with E-state index in [1.54, 1.807) is 48.7 Å². The van der Waals surface area contributed by atoms with Gasteiger partial charge in [0.2, 0.25) is 15.8 Å². The monoisotopic (exact) mass is 593 g/mol. The number of nitrogens with zero attached hydrogens (tertiary/aromatic N) is 4. The lowest BCUT2D eigenvalue weighted by atomic mass is 9.98. The maximum atomic E-state index is 13.6. The summed E-state index contributed by atoms with van der Waals surface area (Å²) >= 11 is 12.2. The molecular weight excluding hydrogens is 561 g/mol. The molecule has 0 atom stereocenters. The fraction of sp³-hybridized carbons (Fsp3) is 0.407. The molecule has 0 saturated carbocycles. The van der Waals surface area contributed by atoms with Crippen molar-refractivity contribution in [2.45, 2.75) is 26.5 Å². The van der Waals surface area contributed by atoms with Gasteiger partial charge in [-0.05, 0) is 42.3 Å². The van der Waals surface area contributed by atoms with Crippen molar-refractivity contribution in [3.05, 3.63) is 75.2 Å². The van der Waals surface area contributed by atoms with Crippen molar-refractivity contribution in [2.24, 2.45) is 5.41 Å². The highest BCUT2D eigenvalue weighted by molar-refractivity contribution is 7.88. The van der Waals surface area contributed by atoms with Crippen LogP contribution in [0.25, 0.3) is 5.69 Å². The summed E-state index contributed by atoms with van der Waals surface area (Å²) in [5.41, 5.74) is 8.25. The van der Waals surface area contributed by atoms with E-state index in [1.807, 2.05) is 25.7 Å². The van der Waals surface area contributed by atoms with E-state index in [0.29, 0.717) is 46.6 Å². The number of nitrogens with two attached hydrogens (primary N) is 1. The van der Waals surface area contributed by atoms with Gasteiger partial charge in [0.1, 0.15) is 5.69 Å². The Morgan fingerprint density at radius 1 is 1.10 bits per heavy atom. The molecular formula is C27H33Cl2N5O4S. The third-order valence-electron chi connectivity index (χ3n) is 6.59. The zero-order valence-corrected chi connectivity index (χ0v) is 24.6. The molecule has 2 N–H and O–H groups in total. The van der Waals surface area contributed by atoms with Gasteiger partial charge < -0.3 is 15.4 Å². The highest BCUT2D eigenvalue weighted by Crippen LogP contribution is 2.29. The zero-order chi connectivity index (χ0) is 28.4. The Kier molecular flexibility index (Phi) is 8.80. The second-order valence-electron chi connectivity index (χ2n) is 10.5. The number of alkyl halides is 1. The summed E-state index contributed by atoms with van der Waals surface area (Å²) in [6.45, 7) is 7.24. The van der Waals surface area contributed by atoms with Crippen molar-refractivity contribution in [3.63, 3.8) is 0 Å². The molecule has 210 valence electrons. The van der Waals surface area contributed by atoms with E-state index in [2.05, 4.69) is 5.10 Å². The van der Waals surface area contributed by atoms with E-state index in [1.165, 1.54) is 8.99 Å². The number of hydrogen-bond acceptors (Lipinski definition) is 7. The first-order valence-corrected chi connectivity index (χ1v) is 15.1. The molecule has 0 radical (unpaired) electrons. The van der Waals surface area contributed by atoms with Crippen LogP contribution >= 0.6 is 23.2 Å². The molecule has 1 fully saturated rings. The highest BCUT2D eigenvalue weighted by atomic mass is 35.5. The maximum absolute atomic E-state index is 13.6. The molecule has 4 rings (SSSR count). The smallest absolute Gasteiger partial charge is 0.316 e. The largest absolute Gasteiger partial charge is 0.486 e. The molecule has 12 heteroatoms. The summed E-state index contributed by atoms with van der Waals surface area (Å²) < 4.78 is 35.1. The number of hydrogen-bond donors (Lipinski definition) is 1. The van der Waals surface area contributed by atoms with Crippen LogP contribution in [-0.4, -0.2) is 61.2 Å². The first-order valence-electron chi connectivity index (χ1n) is 12.5. The first-order chi connectivity index (χ1) is 18.4. The number of anilines is 2. The van der Waals surface area contributed by atoms with Gasteiger partial charge in [0.05, 0.1) is 24.2 Å². The topological polar surface area (TPSA) is 111 Å². The Balaban J connectivity index is 1.57.